The summed E-state index contributed by atoms with van der Waals surface area (Å²) in [6, 6.07) is 7.38. The highest BCUT2D eigenvalue weighted by molar-refractivity contribution is 5.72. The first-order valence-electron chi connectivity index (χ1n) is 8.11. The summed E-state index contributed by atoms with van der Waals surface area (Å²) in [5.41, 5.74) is 1.95. The van der Waals surface area contributed by atoms with E-state index in [1.807, 2.05) is 24.3 Å². The van der Waals surface area contributed by atoms with Gasteiger partial charge >= 0.3 is 6.09 Å². The lowest BCUT2D eigenvalue weighted by Crippen LogP contribution is -2.30. The van der Waals surface area contributed by atoms with Gasteiger partial charge in [-0.25, -0.2) is 9.78 Å². The number of aromatic nitrogens is 5. The standard InChI is InChI=1S/C16H17N7O3/c1-26-12-4-2-11(3-5-12)23-14-13(20-21-23)8-17-15(19-14)18-10-6-7-22(9-10)16(24)25/h2-5,8,10H,6-7,9H2,1H3,(H,24,25)(H,17,18,19)/t10-/m0/s1. The molecule has 4 rings (SSSR count). The molecule has 26 heavy (non-hydrogen) atoms. The Morgan fingerprint density at radius 3 is 2.85 bits per heavy atom. The van der Waals surface area contributed by atoms with Gasteiger partial charge in [0.15, 0.2) is 11.2 Å². The maximum Gasteiger partial charge on any atom is 0.407 e. The second-order valence-corrected chi connectivity index (χ2v) is 5.96. The number of hydrogen-bond acceptors (Lipinski definition) is 7. The van der Waals surface area contributed by atoms with Crippen molar-refractivity contribution in [2.45, 2.75) is 12.5 Å². The number of carbonyl (C=O) groups is 1. The molecule has 1 saturated heterocycles. The second-order valence-electron chi connectivity index (χ2n) is 5.96. The number of nitrogens with one attached hydrogen (secondary N) is 1. The van der Waals surface area contributed by atoms with Crippen LogP contribution in [0.5, 0.6) is 5.75 Å². The second kappa shape index (κ2) is 6.47. The third-order valence-corrected chi connectivity index (χ3v) is 4.30. The smallest absolute Gasteiger partial charge is 0.407 e. The Kier molecular flexibility index (Phi) is 3.99. The molecule has 0 aliphatic carbocycles. The van der Waals surface area contributed by atoms with Crippen LogP contribution in [0.4, 0.5) is 10.7 Å². The summed E-state index contributed by atoms with van der Waals surface area (Å²) in [5, 5.41) is 20.5. The van der Waals surface area contributed by atoms with Crippen LogP contribution in [0.25, 0.3) is 16.9 Å². The molecule has 1 atom stereocenters. The van der Waals surface area contributed by atoms with Gasteiger partial charge in [-0.3, -0.25) is 0 Å². The topological polar surface area (TPSA) is 118 Å². The van der Waals surface area contributed by atoms with Gasteiger partial charge in [0, 0.05) is 19.1 Å². The molecule has 1 aromatic carbocycles. The highest BCUT2D eigenvalue weighted by Gasteiger charge is 2.26. The molecule has 0 saturated carbocycles. The molecule has 10 heteroatoms. The molecule has 1 amide bonds. The molecule has 0 bridgehead atoms. The number of methoxy groups -OCH3 is 1. The molecule has 0 spiro atoms. The van der Waals surface area contributed by atoms with Crippen LogP contribution in [0.1, 0.15) is 6.42 Å². The average Bonchev–Trinajstić information content (AvgIpc) is 3.29. The van der Waals surface area contributed by atoms with Gasteiger partial charge in [0.2, 0.25) is 5.95 Å². The lowest BCUT2D eigenvalue weighted by atomic mass is 10.3. The highest BCUT2D eigenvalue weighted by atomic mass is 16.5. The van der Waals surface area contributed by atoms with Gasteiger partial charge in [0.1, 0.15) is 5.75 Å². The van der Waals surface area contributed by atoms with E-state index < -0.39 is 6.09 Å². The van der Waals surface area contributed by atoms with Crippen molar-refractivity contribution in [1.29, 1.82) is 0 Å². The van der Waals surface area contributed by atoms with Crippen LogP contribution in [-0.4, -0.2) is 67.3 Å². The van der Waals surface area contributed by atoms with E-state index in [2.05, 4.69) is 25.6 Å². The van der Waals surface area contributed by atoms with Crippen molar-refractivity contribution in [2.24, 2.45) is 0 Å². The van der Waals surface area contributed by atoms with E-state index in [0.29, 0.717) is 36.6 Å². The first kappa shape index (κ1) is 16.1. The van der Waals surface area contributed by atoms with Crippen molar-refractivity contribution in [3.05, 3.63) is 30.5 Å². The minimum atomic E-state index is -0.910. The number of nitrogens with zero attached hydrogens (tertiary/aromatic N) is 6. The van der Waals surface area contributed by atoms with Gasteiger partial charge in [-0.05, 0) is 30.7 Å². The third kappa shape index (κ3) is 2.96. The molecule has 1 fully saturated rings. The van der Waals surface area contributed by atoms with Crippen molar-refractivity contribution < 1.29 is 14.6 Å². The maximum absolute atomic E-state index is 11.0. The van der Waals surface area contributed by atoms with Gasteiger partial charge in [0.05, 0.1) is 19.0 Å². The monoisotopic (exact) mass is 355 g/mol. The van der Waals surface area contributed by atoms with Crippen LogP contribution >= 0.6 is 0 Å². The molecule has 1 aliphatic rings. The Bertz CT molecular complexity index is 941. The quantitative estimate of drug-likeness (QED) is 0.721. The number of ether oxygens (including phenoxy) is 1. The molecular formula is C16H17N7O3. The van der Waals surface area contributed by atoms with Crippen LogP contribution in [0, 0.1) is 0 Å². The van der Waals surface area contributed by atoms with Gasteiger partial charge < -0.3 is 20.1 Å². The van der Waals surface area contributed by atoms with Crippen molar-refractivity contribution >= 4 is 23.2 Å². The summed E-state index contributed by atoms with van der Waals surface area (Å²) in [7, 11) is 1.61. The van der Waals surface area contributed by atoms with Crippen molar-refractivity contribution in [1.82, 2.24) is 29.9 Å². The normalized spacial score (nSPS) is 16.8. The highest BCUT2D eigenvalue weighted by Crippen LogP contribution is 2.19. The van der Waals surface area contributed by atoms with E-state index in [1.165, 1.54) is 4.90 Å². The van der Waals surface area contributed by atoms with Gasteiger partial charge in [-0.15, -0.1) is 5.10 Å². The lowest BCUT2D eigenvalue weighted by molar-refractivity contribution is 0.155. The van der Waals surface area contributed by atoms with Crippen LogP contribution in [0.2, 0.25) is 0 Å². The number of likely N-dealkylation sites (tertiary alicyclic amines) is 1. The molecule has 2 N–H and O–H groups in total. The zero-order valence-electron chi connectivity index (χ0n) is 14.0. The fourth-order valence-electron chi connectivity index (χ4n) is 2.93. The maximum atomic E-state index is 11.0. The number of benzene rings is 1. The summed E-state index contributed by atoms with van der Waals surface area (Å²) in [5.74, 6) is 1.17. The van der Waals surface area contributed by atoms with E-state index in [4.69, 9.17) is 9.84 Å². The van der Waals surface area contributed by atoms with E-state index >= 15 is 0 Å². The summed E-state index contributed by atoms with van der Waals surface area (Å²) in [6.45, 7) is 0.910. The number of amides is 1. The summed E-state index contributed by atoms with van der Waals surface area (Å²) >= 11 is 0. The van der Waals surface area contributed by atoms with Crippen LogP contribution in [0.15, 0.2) is 30.5 Å². The Labute approximate surface area is 148 Å². The molecule has 0 radical (unpaired) electrons. The van der Waals surface area contributed by atoms with Crippen molar-refractivity contribution in [3.8, 4) is 11.4 Å². The summed E-state index contributed by atoms with van der Waals surface area (Å²) < 4.78 is 6.79. The minimum Gasteiger partial charge on any atom is -0.497 e. The van der Waals surface area contributed by atoms with Gasteiger partial charge in [0.25, 0.3) is 0 Å². The molecule has 3 aromatic rings. The van der Waals surface area contributed by atoms with Crippen molar-refractivity contribution in [3.63, 3.8) is 0 Å². The summed E-state index contributed by atoms with van der Waals surface area (Å²) in [6.07, 6.45) is 1.40. The van der Waals surface area contributed by atoms with Crippen molar-refractivity contribution in [2.75, 3.05) is 25.5 Å². The zero-order valence-corrected chi connectivity index (χ0v) is 14.0. The lowest BCUT2D eigenvalue weighted by Gasteiger charge is -2.13. The van der Waals surface area contributed by atoms with Gasteiger partial charge in [-0.1, -0.05) is 5.21 Å². The fraction of sp³-hybridized carbons (Fsp3) is 0.312. The predicted molar refractivity (Wildman–Crippen MR) is 92.6 cm³/mol. The number of rotatable bonds is 4. The average molecular weight is 355 g/mol. The van der Waals surface area contributed by atoms with E-state index in [-0.39, 0.29) is 6.04 Å². The van der Waals surface area contributed by atoms with Crippen LogP contribution in [-0.2, 0) is 0 Å². The van der Waals surface area contributed by atoms with E-state index in [0.717, 1.165) is 11.4 Å². The Morgan fingerprint density at radius 2 is 2.15 bits per heavy atom. The molecular weight excluding hydrogens is 338 g/mol. The molecule has 0 unspecified atom stereocenters. The van der Waals surface area contributed by atoms with E-state index in [9.17, 15) is 4.79 Å². The van der Waals surface area contributed by atoms with E-state index in [1.54, 1.807) is 18.0 Å². The predicted octanol–water partition coefficient (Wildman–Crippen LogP) is 1.38. The third-order valence-electron chi connectivity index (χ3n) is 4.30. The van der Waals surface area contributed by atoms with Gasteiger partial charge in [-0.2, -0.15) is 9.67 Å². The molecule has 3 heterocycles. The first-order chi connectivity index (χ1) is 12.6. The SMILES string of the molecule is COc1ccc(-n2nnc3cnc(N[C@H]4CCN(C(=O)O)C4)nc32)cc1. The van der Waals surface area contributed by atoms with Crippen LogP contribution in [0.3, 0.4) is 0 Å². The molecule has 2 aromatic heterocycles. The molecule has 134 valence electrons. The Balaban J connectivity index is 1.59. The number of anilines is 1. The zero-order chi connectivity index (χ0) is 18.1. The largest absolute Gasteiger partial charge is 0.497 e. The number of carboxylic acid groups (broad SMARTS) is 1. The number of fused-ring (bicyclic) bond motifs is 1. The minimum absolute atomic E-state index is 0.0196. The number of hydrogen-bond donors (Lipinski definition) is 2. The Morgan fingerprint density at radius 1 is 1.35 bits per heavy atom. The van der Waals surface area contributed by atoms with Crippen LogP contribution < -0.4 is 10.1 Å². The molecule has 10 nitrogen and oxygen atoms in total. The fourth-order valence-corrected chi connectivity index (χ4v) is 2.93. The first-order valence-corrected chi connectivity index (χ1v) is 8.11. The molecule has 1 aliphatic heterocycles. The Hall–Kier alpha value is -3.43. The summed E-state index contributed by atoms with van der Waals surface area (Å²) in [4.78, 5) is 21.2.